The van der Waals surface area contributed by atoms with E-state index in [-0.39, 0.29) is 29.7 Å². The van der Waals surface area contributed by atoms with Crippen LogP contribution in [0.25, 0.3) is 0 Å². The van der Waals surface area contributed by atoms with E-state index in [1.807, 2.05) is 20.8 Å². The predicted molar refractivity (Wildman–Crippen MR) is 151 cm³/mol. The highest BCUT2D eigenvalue weighted by molar-refractivity contribution is 6.38. The van der Waals surface area contributed by atoms with Crippen LogP contribution >= 0.6 is 0 Å². The van der Waals surface area contributed by atoms with Gasteiger partial charge in [0.25, 0.3) is 5.91 Å². The van der Waals surface area contributed by atoms with E-state index >= 15 is 0 Å². The molecule has 3 rings (SSSR count). The van der Waals surface area contributed by atoms with Crippen molar-refractivity contribution in [2.45, 2.75) is 105 Å². The summed E-state index contributed by atoms with van der Waals surface area (Å²) >= 11 is 0. The van der Waals surface area contributed by atoms with Crippen LogP contribution < -0.4 is 16.0 Å². The van der Waals surface area contributed by atoms with Crippen LogP contribution in [0.1, 0.15) is 81.1 Å². The quantitative estimate of drug-likeness (QED) is 0.263. The molecule has 2 saturated carbocycles. The second-order valence-electron chi connectivity index (χ2n) is 14.3. The molecular formula is C30H48N4O6. The van der Waals surface area contributed by atoms with E-state index in [1.54, 1.807) is 25.7 Å². The van der Waals surface area contributed by atoms with Crippen molar-refractivity contribution in [3.63, 3.8) is 0 Å². The number of rotatable bonds is 11. The molecule has 5 atom stereocenters. The number of likely N-dealkylation sites (tertiary alicyclic amines) is 1. The molecule has 1 unspecified atom stereocenters. The van der Waals surface area contributed by atoms with Crippen LogP contribution in [0.2, 0.25) is 0 Å². The third-order valence-corrected chi connectivity index (χ3v) is 8.36. The SMILES string of the molecule is C=CCNC(=O)C(=O)C(CCC1CC1)NC(=O)[C@@H]1[C@@H]2[C@H](CN1C(=O)[C@@H](NC(=O)OC(C)(C)C)C(C)(C)C)C2(C)C. The molecule has 1 saturated heterocycles. The van der Waals surface area contributed by atoms with E-state index in [9.17, 15) is 24.0 Å². The summed E-state index contributed by atoms with van der Waals surface area (Å²) in [6, 6.07) is -2.73. The molecule has 0 aromatic carbocycles. The number of ketones is 1. The van der Waals surface area contributed by atoms with Crippen molar-refractivity contribution >= 4 is 29.6 Å². The Hall–Kier alpha value is -2.91. The zero-order valence-electron chi connectivity index (χ0n) is 25.4. The Kier molecular flexibility index (Phi) is 9.11. The summed E-state index contributed by atoms with van der Waals surface area (Å²) in [5, 5.41) is 8.09. The molecule has 10 heteroatoms. The first kappa shape index (κ1) is 31.6. The third-order valence-electron chi connectivity index (χ3n) is 8.36. The Balaban J connectivity index is 1.82. The highest BCUT2D eigenvalue weighted by Gasteiger charge is 2.70. The molecule has 3 aliphatic rings. The summed E-state index contributed by atoms with van der Waals surface area (Å²) in [5.74, 6) is -1.74. The van der Waals surface area contributed by atoms with Gasteiger partial charge in [0.15, 0.2) is 0 Å². The maximum absolute atomic E-state index is 14.0. The summed E-state index contributed by atoms with van der Waals surface area (Å²) in [4.78, 5) is 67.6. The van der Waals surface area contributed by atoms with Gasteiger partial charge in [0.1, 0.15) is 17.7 Å². The van der Waals surface area contributed by atoms with Gasteiger partial charge >= 0.3 is 6.09 Å². The fraction of sp³-hybridized carbons (Fsp3) is 0.767. The first-order valence-corrected chi connectivity index (χ1v) is 14.4. The Morgan fingerprint density at radius 3 is 2.20 bits per heavy atom. The van der Waals surface area contributed by atoms with Crippen molar-refractivity contribution < 1.29 is 28.7 Å². The van der Waals surface area contributed by atoms with Crippen LogP contribution in [-0.2, 0) is 23.9 Å². The number of carbonyl (C=O) groups is 5. The molecule has 1 aliphatic heterocycles. The lowest BCUT2D eigenvalue weighted by molar-refractivity contribution is -0.145. The number of ether oxygens (including phenoxy) is 1. The number of alkyl carbamates (subject to hydrolysis) is 1. The van der Waals surface area contributed by atoms with Crippen molar-refractivity contribution in [2.75, 3.05) is 13.1 Å². The Morgan fingerprint density at radius 2 is 1.68 bits per heavy atom. The summed E-state index contributed by atoms with van der Waals surface area (Å²) in [6.45, 7) is 19.0. The predicted octanol–water partition coefficient (Wildman–Crippen LogP) is 2.96. The molecule has 3 fully saturated rings. The van der Waals surface area contributed by atoms with Crippen molar-refractivity contribution in [3.05, 3.63) is 12.7 Å². The molecule has 4 amide bonds. The summed E-state index contributed by atoms with van der Waals surface area (Å²) < 4.78 is 5.41. The molecule has 224 valence electrons. The van der Waals surface area contributed by atoms with E-state index in [2.05, 4.69) is 36.4 Å². The average molecular weight is 561 g/mol. The number of nitrogens with one attached hydrogen (secondary N) is 3. The second-order valence-corrected chi connectivity index (χ2v) is 14.3. The number of piperidine rings is 1. The highest BCUT2D eigenvalue weighted by atomic mass is 16.6. The molecular weight excluding hydrogens is 512 g/mol. The van der Waals surface area contributed by atoms with E-state index in [0.717, 1.165) is 19.3 Å². The zero-order chi connectivity index (χ0) is 30.2. The van der Waals surface area contributed by atoms with Gasteiger partial charge < -0.3 is 25.6 Å². The molecule has 0 aromatic rings. The smallest absolute Gasteiger partial charge is 0.408 e. The highest BCUT2D eigenvalue weighted by Crippen LogP contribution is 2.65. The molecule has 0 spiro atoms. The summed E-state index contributed by atoms with van der Waals surface area (Å²) in [5.41, 5.74) is -1.55. The molecule has 0 aromatic heterocycles. The normalized spacial score (nSPS) is 24.7. The van der Waals surface area contributed by atoms with Crippen LogP contribution in [0.5, 0.6) is 0 Å². The molecule has 40 heavy (non-hydrogen) atoms. The molecule has 3 N–H and O–H groups in total. The number of hydrogen-bond acceptors (Lipinski definition) is 6. The van der Waals surface area contributed by atoms with Gasteiger partial charge in [0.05, 0.1) is 6.04 Å². The maximum Gasteiger partial charge on any atom is 0.408 e. The monoisotopic (exact) mass is 560 g/mol. The standard InChI is InChI=1S/C30H48N4O6/c1-10-15-31-25(37)22(35)19(14-13-17-11-12-17)32-24(36)21-20-18(30(20,8)9)16-34(21)26(38)23(28(2,3)4)33-27(39)40-29(5,6)7/h10,17-21,23H,1,11-16H2,2-9H3,(H,31,37)(H,32,36)(H,33,39)/t18-,19?,20-,21-,23+/m0/s1. The lowest BCUT2D eigenvalue weighted by Gasteiger charge is -2.38. The molecule has 0 radical (unpaired) electrons. The van der Waals surface area contributed by atoms with Crippen molar-refractivity contribution in [1.29, 1.82) is 0 Å². The van der Waals surface area contributed by atoms with E-state index in [1.165, 1.54) is 6.08 Å². The molecule has 10 nitrogen and oxygen atoms in total. The van der Waals surface area contributed by atoms with Crippen LogP contribution in [0, 0.1) is 28.6 Å². The van der Waals surface area contributed by atoms with Crippen molar-refractivity contribution in [1.82, 2.24) is 20.9 Å². The number of nitrogens with zero attached hydrogens (tertiary/aromatic N) is 1. The minimum Gasteiger partial charge on any atom is -0.444 e. The van der Waals surface area contributed by atoms with E-state index < -0.39 is 52.8 Å². The summed E-state index contributed by atoms with van der Waals surface area (Å²) in [7, 11) is 0. The summed E-state index contributed by atoms with van der Waals surface area (Å²) in [6.07, 6.45) is 4.04. The van der Waals surface area contributed by atoms with Gasteiger partial charge in [0.2, 0.25) is 17.6 Å². The van der Waals surface area contributed by atoms with Gasteiger partial charge in [-0.1, -0.05) is 53.5 Å². The molecule has 2 aliphatic carbocycles. The van der Waals surface area contributed by atoms with Gasteiger partial charge in [-0.15, -0.1) is 6.58 Å². The van der Waals surface area contributed by atoms with E-state index in [0.29, 0.717) is 18.9 Å². The van der Waals surface area contributed by atoms with Crippen molar-refractivity contribution in [2.24, 2.45) is 28.6 Å². The largest absolute Gasteiger partial charge is 0.444 e. The average Bonchev–Trinajstić information content (AvgIpc) is 3.68. The minimum atomic E-state index is -0.978. The number of amides is 4. The zero-order valence-corrected chi connectivity index (χ0v) is 25.4. The van der Waals surface area contributed by atoms with Crippen LogP contribution in [0.4, 0.5) is 4.79 Å². The Bertz CT molecular complexity index is 1040. The third kappa shape index (κ3) is 7.43. The van der Waals surface area contributed by atoms with Crippen LogP contribution in [0.15, 0.2) is 12.7 Å². The maximum atomic E-state index is 14.0. The first-order chi connectivity index (χ1) is 18.4. The fourth-order valence-electron chi connectivity index (χ4n) is 5.80. The second kappa shape index (κ2) is 11.5. The van der Waals surface area contributed by atoms with E-state index in [4.69, 9.17) is 4.74 Å². The number of hydrogen-bond donors (Lipinski definition) is 3. The van der Waals surface area contributed by atoms with Gasteiger partial charge in [-0.05, 0) is 62.2 Å². The topological polar surface area (TPSA) is 134 Å². The molecule has 1 heterocycles. The van der Waals surface area contributed by atoms with Crippen molar-refractivity contribution in [3.8, 4) is 0 Å². The van der Waals surface area contributed by atoms with Crippen LogP contribution in [0.3, 0.4) is 0 Å². The lowest BCUT2D eigenvalue weighted by Crippen LogP contribution is -2.60. The number of Topliss-reactive ketones (excluding diaryl/α,β-unsaturated/α-hetero) is 1. The lowest BCUT2D eigenvalue weighted by atomic mass is 9.85. The number of carbonyl (C=O) groups excluding carboxylic acids is 5. The fourth-order valence-corrected chi connectivity index (χ4v) is 5.80. The van der Waals surface area contributed by atoms with Gasteiger partial charge in [-0.2, -0.15) is 0 Å². The Labute approximate surface area is 238 Å². The first-order valence-electron chi connectivity index (χ1n) is 14.4. The minimum absolute atomic E-state index is 0.0904. The number of fused-ring (bicyclic) bond motifs is 1. The van der Waals surface area contributed by atoms with Gasteiger partial charge in [-0.25, -0.2) is 4.79 Å². The Morgan fingerprint density at radius 1 is 1.05 bits per heavy atom. The molecule has 0 bridgehead atoms. The van der Waals surface area contributed by atoms with Gasteiger partial charge in [-0.3, -0.25) is 19.2 Å². The van der Waals surface area contributed by atoms with Gasteiger partial charge in [0, 0.05) is 13.1 Å². The van der Waals surface area contributed by atoms with Crippen LogP contribution in [-0.4, -0.2) is 71.3 Å².